The highest BCUT2D eigenvalue weighted by molar-refractivity contribution is 5.68. The molecule has 0 spiro atoms. The Balaban J connectivity index is 2.70. The fourth-order valence-corrected chi connectivity index (χ4v) is 1.77. The number of aromatic amines is 1. The van der Waals surface area contributed by atoms with E-state index in [2.05, 4.69) is 15.1 Å². The molecule has 10 heteroatoms. The molecule has 0 saturated carbocycles. The van der Waals surface area contributed by atoms with Gasteiger partial charge < -0.3 is 15.5 Å². The molecule has 116 valence electrons. The van der Waals surface area contributed by atoms with Crippen molar-refractivity contribution in [3.8, 4) is 17.1 Å². The first-order valence-electron chi connectivity index (χ1n) is 5.76. The number of rotatable bonds is 3. The van der Waals surface area contributed by atoms with Crippen molar-refractivity contribution in [2.24, 2.45) is 5.18 Å². The summed E-state index contributed by atoms with van der Waals surface area (Å²) in [5, 5.41) is 2.41. The van der Waals surface area contributed by atoms with Crippen molar-refractivity contribution >= 4 is 11.5 Å². The van der Waals surface area contributed by atoms with Crippen LogP contribution >= 0.6 is 0 Å². The summed E-state index contributed by atoms with van der Waals surface area (Å²) in [6, 6.07) is 2.66. The molecule has 0 atom stereocenters. The lowest BCUT2D eigenvalue weighted by atomic mass is 10.1. The van der Waals surface area contributed by atoms with Gasteiger partial charge in [0.2, 0.25) is 5.69 Å². The molecule has 0 fully saturated rings. The number of hydrogen-bond acceptors (Lipinski definition) is 6. The lowest BCUT2D eigenvalue weighted by Crippen LogP contribution is -2.12. The molecule has 0 aliphatic rings. The van der Waals surface area contributed by atoms with Crippen LogP contribution in [0.1, 0.15) is 5.56 Å². The lowest BCUT2D eigenvalue weighted by molar-refractivity contribution is -0.137. The van der Waals surface area contributed by atoms with Gasteiger partial charge in [-0.15, -0.1) is 4.91 Å². The van der Waals surface area contributed by atoms with Crippen LogP contribution in [0.2, 0.25) is 0 Å². The van der Waals surface area contributed by atoms with Gasteiger partial charge in [-0.1, -0.05) is 0 Å². The Hall–Kier alpha value is -2.91. The van der Waals surface area contributed by atoms with Gasteiger partial charge in [-0.3, -0.25) is 4.79 Å². The summed E-state index contributed by atoms with van der Waals surface area (Å²) in [6.45, 7) is 0. The number of nitrogens with one attached hydrogen (secondary N) is 1. The fraction of sp³-hybridized carbons (Fsp3) is 0.167. The van der Waals surface area contributed by atoms with Gasteiger partial charge in [0, 0.05) is 0 Å². The Morgan fingerprint density at radius 2 is 2.05 bits per heavy atom. The Morgan fingerprint density at radius 3 is 2.55 bits per heavy atom. The van der Waals surface area contributed by atoms with Gasteiger partial charge in [-0.2, -0.15) is 13.2 Å². The topological polar surface area (TPSA) is 110 Å². The minimum absolute atomic E-state index is 0.0439. The number of halogens is 3. The van der Waals surface area contributed by atoms with E-state index in [-0.39, 0.29) is 17.1 Å². The summed E-state index contributed by atoms with van der Waals surface area (Å²) in [7, 11) is 1.24. The van der Waals surface area contributed by atoms with Crippen molar-refractivity contribution in [1.29, 1.82) is 0 Å². The molecule has 0 saturated heterocycles. The zero-order chi connectivity index (χ0) is 16.5. The van der Waals surface area contributed by atoms with Crippen LogP contribution < -0.4 is 16.0 Å². The highest BCUT2D eigenvalue weighted by atomic mass is 19.4. The molecule has 0 amide bonds. The van der Waals surface area contributed by atoms with Crippen LogP contribution in [0.3, 0.4) is 0 Å². The number of nitrogen functional groups attached to an aromatic ring is 1. The molecule has 0 aliphatic heterocycles. The Morgan fingerprint density at radius 1 is 1.36 bits per heavy atom. The minimum Gasteiger partial charge on any atom is -0.496 e. The summed E-state index contributed by atoms with van der Waals surface area (Å²) in [5.41, 5.74) is 2.71. The van der Waals surface area contributed by atoms with Crippen molar-refractivity contribution in [1.82, 2.24) is 9.97 Å². The van der Waals surface area contributed by atoms with Crippen molar-refractivity contribution in [2.75, 3.05) is 12.8 Å². The summed E-state index contributed by atoms with van der Waals surface area (Å²) < 4.78 is 43.3. The number of methoxy groups -OCH3 is 1. The summed E-state index contributed by atoms with van der Waals surface area (Å²) in [5.74, 6) is -0.714. The number of hydrogen-bond donors (Lipinski definition) is 2. The molecule has 1 aromatic heterocycles. The number of alkyl halides is 3. The van der Waals surface area contributed by atoms with Crippen LogP contribution in [0, 0.1) is 4.91 Å². The van der Waals surface area contributed by atoms with Crippen LogP contribution in [0.4, 0.5) is 24.7 Å². The van der Waals surface area contributed by atoms with Crippen LogP contribution in [-0.2, 0) is 6.18 Å². The first-order valence-corrected chi connectivity index (χ1v) is 5.76. The van der Waals surface area contributed by atoms with E-state index in [1.807, 2.05) is 0 Å². The molecule has 0 unspecified atom stereocenters. The maximum atomic E-state index is 12.8. The van der Waals surface area contributed by atoms with Crippen molar-refractivity contribution in [3.63, 3.8) is 0 Å². The van der Waals surface area contributed by atoms with Crippen LogP contribution in [-0.4, -0.2) is 17.1 Å². The van der Waals surface area contributed by atoms with E-state index in [0.29, 0.717) is 0 Å². The monoisotopic (exact) mass is 314 g/mol. The second kappa shape index (κ2) is 5.47. The molecule has 0 radical (unpaired) electrons. The van der Waals surface area contributed by atoms with E-state index in [0.717, 1.165) is 18.2 Å². The van der Waals surface area contributed by atoms with Gasteiger partial charge in [-0.25, -0.2) is 4.98 Å². The maximum absolute atomic E-state index is 12.8. The maximum Gasteiger partial charge on any atom is 0.416 e. The summed E-state index contributed by atoms with van der Waals surface area (Å²) in [6.07, 6.45) is -4.59. The normalized spacial score (nSPS) is 11.3. The van der Waals surface area contributed by atoms with Gasteiger partial charge in [0.1, 0.15) is 11.6 Å². The van der Waals surface area contributed by atoms with E-state index < -0.39 is 28.8 Å². The van der Waals surface area contributed by atoms with Gasteiger partial charge in [0.05, 0.1) is 18.2 Å². The second-order valence-corrected chi connectivity index (χ2v) is 4.15. The zero-order valence-electron chi connectivity index (χ0n) is 11.1. The number of aromatic nitrogens is 2. The molecule has 2 aromatic rings. The third kappa shape index (κ3) is 2.75. The van der Waals surface area contributed by atoms with Crippen molar-refractivity contribution < 1.29 is 17.9 Å². The van der Waals surface area contributed by atoms with Gasteiger partial charge in [0.25, 0.3) is 5.56 Å². The van der Waals surface area contributed by atoms with E-state index >= 15 is 0 Å². The van der Waals surface area contributed by atoms with E-state index in [1.165, 1.54) is 7.11 Å². The number of H-pyrrole nitrogens is 1. The highest BCUT2D eigenvalue weighted by Crippen LogP contribution is 2.36. The van der Waals surface area contributed by atoms with E-state index in [4.69, 9.17) is 10.5 Å². The van der Waals surface area contributed by atoms with Crippen LogP contribution in [0.15, 0.2) is 28.2 Å². The zero-order valence-corrected chi connectivity index (χ0v) is 11.1. The molecule has 3 N–H and O–H groups in total. The standard InChI is InChI=1S/C12H9F3N4O3/c1-22-7-3-2-5(12(13,14)15)4-6(7)10-17-9(16)8(19-21)11(20)18-10/h2-4H,1H3,(H3,16,17,18,20). The molecular weight excluding hydrogens is 305 g/mol. The largest absolute Gasteiger partial charge is 0.496 e. The molecule has 1 heterocycles. The Bertz CT molecular complexity index is 786. The minimum atomic E-state index is -4.59. The Labute approximate surface area is 120 Å². The highest BCUT2D eigenvalue weighted by Gasteiger charge is 2.31. The number of nitrogens with two attached hydrogens (primary N) is 1. The van der Waals surface area contributed by atoms with Crippen molar-refractivity contribution in [2.45, 2.75) is 6.18 Å². The van der Waals surface area contributed by atoms with Gasteiger partial charge in [0.15, 0.2) is 5.82 Å². The van der Waals surface area contributed by atoms with Gasteiger partial charge in [-0.05, 0) is 23.4 Å². The second-order valence-electron chi connectivity index (χ2n) is 4.15. The summed E-state index contributed by atoms with van der Waals surface area (Å²) in [4.78, 5) is 27.9. The third-order valence-corrected chi connectivity index (χ3v) is 2.80. The predicted octanol–water partition coefficient (Wildman–Crippen LogP) is 2.44. The molecular formula is C12H9F3N4O3. The average Bonchev–Trinajstić information content (AvgIpc) is 2.45. The van der Waals surface area contributed by atoms with Crippen molar-refractivity contribution in [3.05, 3.63) is 39.0 Å². The lowest BCUT2D eigenvalue weighted by Gasteiger charge is -2.12. The molecule has 0 bridgehead atoms. The molecule has 7 nitrogen and oxygen atoms in total. The quantitative estimate of drug-likeness (QED) is 0.845. The molecule has 22 heavy (non-hydrogen) atoms. The first kappa shape index (κ1) is 15.5. The smallest absolute Gasteiger partial charge is 0.416 e. The number of nitrogens with zero attached hydrogens (tertiary/aromatic N) is 2. The van der Waals surface area contributed by atoms with Gasteiger partial charge >= 0.3 is 6.18 Å². The first-order chi connectivity index (χ1) is 10.3. The van der Waals surface area contributed by atoms with Crippen LogP contribution in [0.25, 0.3) is 11.4 Å². The number of nitroso groups, excluding NO2 is 1. The number of ether oxygens (including phenoxy) is 1. The molecule has 1 aromatic carbocycles. The predicted molar refractivity (Wildman–Crippen MR) is 71.7 cm³/mol. The SMILES string of the molecule is COc1ccc(C(F)(F)F)cc1-c1nc(N)c(N=O)c(=O)[nH]1. The fourth-order valence-electron chi connectivity index (χ4n) is 1.77. The van der Waals surface area contributed by atoms with E-state index in [1.54, 1.807) is 0 Å². The average molecular weight is 314 g/mol. The summed E-state index contributed by atoms with van der Waals surface area (Å²) >= 11 is 0. The Kier molecular flexibility index (Phi) is 3.85. The molecule has 0 aliphatic carbocycles. The number of anilines is 1. The third-order valence-electron chi connectivity index (χ3n) is 2.80. The van der Waals surface area contributed by atoms with Crippen LogP contribution in [0.5, 0.6) is 5.75 Å². The van der Waals surface area contributed by atoms with E-state index in [9.17, 15) is 22.9 Å². The molecule has 2 rings (SSSR count). The number of benzene rings is 1.